The maximum absolute atomic E-state index is 13.3. The van der Waals surface area contributed by atoms with E-state index in [9.17, 15) is 4.39 Å². The quantitative estimate of drug-likeness (QED) is 0.670. The Morgan fingerprint density at radius 1 is 1.11 bits per heavy atom. The van der Waals surface area contributed by atoms with Gasteiger partial charge in [-0.25, -0.2) is 4.39 Å². The first-order valence-electron chi connectivity index (χ1n) is 5.52. The molecule has 1 aromatic heterocycles. The Kier molecular flexibility index (Phi) is 2.41. The highest BCUT2D eigenvalue weighted by Crippen LogP contribution is 2.29. The van der Waals surface area contributed by atoms with Crippen LogP contribution in [0.1, 0.15) is 0 Å². The summed E-state index contributed by atoms with van der Waals surface area (Å²) >= 11 is 0. The van der Waals surface area contributed by atoms with Crippen LogP contribution in [0.5, 0.6) is 0 Å². The third-order valence-corrected chi connectivity index (χ3v) is 2.76. The predicted octanol–water partition coefficient (Wildman–Crippen LogP) is 3.90. The van der Waals surface area contributed by atoms with E-state index in [1.807, 2.05) is 24.3 Å². The van der Waals surface area contributed by atoms with Gasteiger partial charge in [-0.2, -0.15) is 0 Å². The van der Waals surface area contributed by atoms with Gasteiger partial charge in [-0.15, -0.1) is 0 Å². The molecule has 0 aliphatic carbocycles. The van der Waals surface area contributed by atoms with Crippen LogP contribution in [0.25, 0.3) is 11.0 Å². The normalized spacial score (nSPS) is 10.7. The third-order valence-electron chi connectivity index (χ3n) is 2.76. The molecule has 90 valence electrons. The number of para-hydroxylation sites is 1. The van der Waals surface area contributed by atoms with Crippen LogP contribution in [-0.4, -0.2) is 0 Å². The summed E-state index contributed by atoms with van der Waals surface area (Å²) in [6, 6.07) is 12.3. The van der Waals surface area contributed by atoms with Crippen LogP contribution < -0.4 is 11.1 Å². The molecule has 0 amide bonds. The molecule has 3 rings (SSSR count). The number of halogens is 1. The average Bonchev–Trinajstić information content (AvgIpc) is 2.78. The van der Waals surface area contributed by atoms with Crippen molar-refractivity contribution in [1.29, 1.82) is 0 Å². The van der Waals surface area contributed by atoms with Gasteiger partial charge in [-0.05, 0) is 30.3 Å². The lowest BCUT2D eigenvalue weighted by Crippen LogP contribution is -1.94. The van der Waals surface area contributed by atoms with Crippen LogP contribution in [0.2, 0.25) is 0 Å². The zero-order chi connectivity index (χ0) is 12.5. The monoisotopic (exact) mass is 242 g/mol. The minimum Gasteiger partial charge on any atom is -0.462 e. The molecule has 0 aliphatic heterocycles. The summed E-state index contributed by atoms with van der Waals surface area (Å²) in [6.07, 6.45) is 1.61. The van der Waals surface area contributed by atoms with E-state index >= 15 is 0 Å². The maximum Gasteiger partial charge on any atom is 0.148 e. The van der Waals surface area contributed by atoms with E-state index < -0.39 is 5.82 Å². The highest BCUT2D eigenvalue weighted by molar-refractivity contribution is 5.92. The van der Waals surface area contributed by atoms with E-state index in [0.29, 0.717) is 5.69 Å². The zero-order valence-corrected chi connectivity index (χ0v) is 9.48. The molecule has 0 saturated heterocycles. The second-order valence-corrected chi connectivity index (χ2v) is 4.01. The van der Waals surface area contributed by atoms with Crippen molar-refractivity contribution in [3.8, 4) is 0 Å². The molecule has 3 aromatic rings. The highest BCUT2D eigenvalue weighted by atomic mass is 19.1. The number of anilines is 3. The van der Waals surface area contributed by atoms with Gasteiger partial charge in [0.05, 0.1) is 11.4 Å². The van der Waals surface area contributed by atoms with E-state index in [1.54, 1.807) is 12.3 Å². The van der Waals surface area contributed by atoms with E-state index in [2.05, 4.69) is 5.32 Å². The molecular formula is C14H11FN2O. The fraction of sp³-hybridized carbons (Fsp3) is 0. The Hall–Kier alpha value is -2.49. The molecule has 18 heavy (non-hydrogen) atoms. The van der Waals surface area contributed by atoms with Crippen molar-refractivity contribution in [1.82, 2.24) is 0 Å². The van der Waals surface area contributed by atoms with Crippen LogP contribution in [0.4, 0.5) is 21.5 Å². The summed E-state index contributed by atoms with van der Waals surface area (Å²) in [7, 11) is 0. The molecule has 0 spiro atoms. The summed E-state index contributed by atoms with van der Waals surface area (Å²) in [6.45, 7) is 0. The molecule has 0 bridgehead atoms. The predicted molar refractivity (Wildman–Crippen MR) is 70.3 cm³/mol. The Morgan fingerprint density at radius 2 is 1.94 bits per heavy atom. The average molecular weight is 242 g/mol. The molecule has 2 aromatic carbocycles. The van der Waals surface area contributed by atoms with Gasteiger partial charge in [0.15, 0.2) is 0 Å². The van der Waals surface area contributed by atoms with Crippen LogP contribution in [0, 0.1) is 5.82 Å². The van der Waals surface area contributed by atoms with Crippen molar-refractivity contribution in [3.05, 3.63) is 54.5 Å². The molecule has 1 heterocycles. The van der Waals surface area contributed by atoms with E-state index in [-0.39, 0.29) is 5.69 Å². The highest BCUT2D eigenvalue weighted by Gasteiger charge is 2.06. The number of hydrogen-bond donors (Lipinski definition) is 2. The number of rotatable bonds is 2. The molecule has 3 nitrogen and oxygen atoms in total. The molecule has 0 atom stereocenters. The van der Waals surface area contributed by atoms with Gasteiger partial charge in [-0.1, -0.05) is 12.1 Å². The maximum atomic E-state index is 13.3. The Labute approximate surface area is 103 Å². The summed E-state index contributed by atoms with van der Waals surface area (Å²) in [5, 5.41) is 4.06. The number of hydrogen-bond acceptors (Lipinski definition) is 3. The first kappa shape index (κ1) is 10.7. The Bertz CT molecular complexity index is 706. The topological polar surface area (TPSA) is 51.2 Å². The molecular weight excluding hydrogens is 231 g/mol. The molecule has 0 unspecified atom stereocenters. The molecule has 0 radical (unpaired) electrons. The summed E-state index contributed by atoms with van der Waals surface area (Å²) in [5.41, 5.74) is 7.79. The Balaban J connectivity index is 1.98. The lowest BCUT2D eigenvalue weighted by molar-refractivity contribution is 0.617. The van der Waals surface area contributed by atoms with Crippen molar-refractivity contribution < 1.29 is 8.81 Å². The lowest BCUT2D eigenvalue weighted by atomic mass is 10.2. The number of benzene rings is 2. The summed E-state index contributed by atoms with van der Waals surface area (Å²) < 4.78 is 18.7. The largest absolute Gasteiger partial charge is 0.462 e. The fourth-order valence-electron chi connectivity index (χ4n) is 1.84. The SMILES string of the molecule is Nc1ccc(Nc2coc3ccccc23)cc1F. The van der Waals surface area contributed by atoms with E-state index in [0.717, 1.165) is 16.7 Å². The second kappa shape index (κ2) is 4.07. The number of nitrogens with two attached hydrogens (primary N) is 1. The summed E-state index contributed by atoms with van der Waals surface area (Å²) in [5.74, 6) is -0.437. The Morgan fingerprint density at radius 3 is 2.78 bits per heavy atom. The first-order chi connectivity index (χ1) is 8.74. The zero-order valence-electron chi connectivity index (χ0n) is 9.48. The van der Waals surface area contributed by atoms with Crippen LogP contribution >= 0.6 is 0 Å². The molecule has 4 heteroatoms. The minimum absolute atomic E-state index is 0.137. The van der Waals surface area contributed by atoms with Crippen molar-refractivity contribution >= 4 is 28.0 Å². The molecule has 0 aliphatic rings. The van der Waals surface area contributed by atoms with Gasteiger partial charge in [0.2, 0.25) is 0 Å². The smallest absolute Gasteiger partial charge is 0.148 e. The molecule has 0 fully saturated rings. The van der Waals surface area contributed by atoms with Crippen molar-refractivity contribution in [2.45, 2.75) is 0 Å². The van der Waals surface area contributed by atoms with Crippen LogP contribution in [0.3, 0.4) is 0 Å². The van der Waals surface area contributed by atoms with Crippen molar-refractivity contribution in [2.75, 3.05) is 11.1 Å². The van der Waals surface area contributed by atoms with Crippen molar-refractivity contribution in [3.63, 3.8) is 0 Å². The van der Waals surface area contributed by atoms with Gasteiger partial charge in [-0.3, -0.25) is 0 Å². The van der Waals surface area contributed by atoms with E-state index in [1.165, 1.54) is 12.1 Å². The lowest BCUT2D eigenvalue weighted by Gasteiger charge is -2.05. The molecule has 3 N–H and O–H groups in total. The minimum atomic E-state index is -0.437. The van der Waals surface area contributed by atoms with Gasteiger partial charge in [0.1, 0.15) is 17.7 Å². The molecule has 0 saturated carbocycles. The standard InChI is InChI=1S/C14H11FN2O/c15-11-7-9(5-6-12(11)16)17-13-8-18-14-4-2-1-3-10(13)14/h1-8,17H,16H2. The fourth-order valence-corrected chi connectivity index (χ4v) is 1.84. The van der Waals surface area contributed by atoms with Gasteiger partial charge < -0.3 is 15.5 Å². The first-order valence-corrected chi connectivity index (χ1v) is 5.52. The number of fused-ring (bicyclic) bond motifs is 1. The van der Waals surface area contributed by atoms with Gasteiger partial charge in [0, 0.05) is 11.1 Å². The van der Waals surface area contributed by atoms with Gasteiger partial charge >= 0.3 is 0 Å². The number of nitrogen functional groups attached to an aromatic ring is 1. The second-order valence-electron chi connectivity index (χ2n) is 4.01. The third kappa shape index (κ3) is 1.78. The number of nitrogens with one attached hydrogen (secondary N) is 1. The van der Waals surface area contributed by atoms with Crippen LogP contribution in [-0.2, 0) is 0 Å². The number of furan rings is 1. The summed E-state index contributed by atoms with van der Waals surface area (Å²) in [4.78, 5) is 0. The van der Waals surface area contributed by atoms with Crippen molar-refractivity contribution in [2.24, 2.45) is 0 Å². The van der Waals surface area contributed by atoms with Gasteiger partial charge in [0.25, 0.3) is 0 Å². The van der Waals surface area contributed by atoms with E-state index in [4.69, 9.17) is 10.2 Å². The van der Waals surface area contributed by atoms with Crippen LogP contribution in [0.15, 0.2) is 53.1 Å².